The lowest BCUT2D eigenvalue weighted by atomic mass is 10.4. The van der Waals surface area contributed by atoms with Crippen LogP contribution in [0.3, 0.4) is 0 Å². The fourth-order valence-electron chi connectivity index (χ4n) is 0.671. The van der Waals surface area contributed by atoms with Crippen LogP contribution in [-0.2, 0) is 4.79 Å². The number of aliphatic hydroxyl groups excluding tert-OH is 1. The van der Waals surface area contributed by atoms with Crippen LogP contribution in [0.4, 0.5) is 18.0 Å². The van der Waals surface area contributed by atoms with Gasteiger partial charge in [0.05, 0.1) is 6.54 Å². The van der Waals surface area contributed by atoms with Crippen LogP contribution < -0.4 is 10.6 Å². The first-order valence-corrected chi connectivity index (χ1v) is 5.34. The molecule has 0 saturated carbocycles. The van der Waals surface area contributed by atoms with Crippen molar-refractivity contribution in [3.05, 3.63) is 0 Å². The molecule has 0 aliphatic rings. The van der Waals surface area contributed by atoms with E-state index >= 15 is 0 Å². The van der Waals surface area contributed by atoms with E-state index in [1.807, 2.05) is 5.32 Å². The molecule has 4 N–H and O–H groups in total. The number of carbonyl (C=O) groups excluding carboxylic acids is 1. The van der Waals surface area contributed by atoms with Gasteiger partial charge in [-0.2, -0.15) is 13.2 Å². The zero-order chi connectivity index (χ0) is 13.5. The van der Waals surface area contributed by atoms with E-state index in [1.165, 1.54) is 0 Å². The Labute approximate surface area is 98.6 Å². The summed E-state index contributed by atoms with van der Waals surface area (Å²) >= 11 is -0.281. The van der Waals surface area contributed by atoms with Crippen LogP contribution in [-0.4, -0.2) is 52.7 Å². The minimum absolute atomic E-state index is 0.223. The molecule has 100 valence electrons. The summed E-state index contributed by atoms with van der Waals surface area (Å²) in [6.07, 6.45) is -1.75. The lowest BCUT2D eigenvalue weighted by Crippen LogP contribution is -2.42. The van der Waals surface area contributed by atoms with Gasteiger partial charge in [0.25, 0.3) is 0 Å². The predicted octanol–water partition coefficient (Wildman–Crippen LogP) is -0.0159. The summed E-state index contributed by atoms with van der Waals surface area (Å²) in [6.45, 7) is -0.743. The SMILES string of the molecule is O=C(NCCSC(F)(F)F)NC[C@H](O)C(=O)O. The number of rotatable bonds is 6. The number of amides is 2. The first-order chi connectivity index (χ1) is 7.72. The summed E-state index contributed by atoms with van der Waals surface area (Å²) in [7, 11) is 0. The third kappa shape index (κ3) is 9.75. The average molecular weight is 276 g/mol. The molecule has 0 aliphatic heterocycles. The average Bonchev–Trinajstić information content (AvgIpc) is 2.19. The smallest absolute Gasteiger partial charge is 0.441 e. The van der Waals surface area contributed by atoms with Crippen molar-refractivity contribution in [2.45, 2.75) is 11.6 Å². The number of thioether (sulfide) groups is 1. The van der Waals surface area contributed by atoms with E-state index in [4.69, 9.17) is 10.2 Å². The summed E-state index contributed by atoms with van der Waals surface area (Å²) in [4.78, 5) is 21.0. The highest BCUT2D eigenvalue weighted by molar-refractivity contribution is 8.00. The summed E-state index contributed by atoms with van der Waals surface area (Å²) in [5.74, 6) is -1.85. The minimum Gasteiger partial charge on any atom is -0.479 e. The molecular formula is C7H11F3N2O4S. The van der Waals surface area contributed by atoms with Crippen LogP contribution in [0, 0.1) is 0 Å². The molecule has 1 atom stereocenters. The number of aliphatic hydroxyl groups is 1. The van der Waals surface area contributed by atoms with Gasteiger partial charge in [-0.25, -0.2) is 9.59 Å². The van der Waals surface area contributed by atoms with Crippen LogP contribution in [0.2, 0.25) is 0 Å². The molecule has 0 aromatic carbocycles. The fourth-order valence-corrected chi connectivity index (χ4v) is 1.11. The number of nitrogens with one attached hydrogen (secondary N) is 2. The molecule has 0 fully saturated rings. The van der Waals surface area contributed by atoms with Gasteiger partial charge in [0.2, 0.25) is 0 Å². The quantitative estimate of drug-likeness (QED) is 0.511. The third-order valence-corrected chi connectivity index (χ3v) is 2.13. The lowest BCUT2D eigenvalue weighted by Gasteiger charge is -2.09. The first kappa shape index (κ1) is 15.8. The normalized spacial score (nSPS) is 12.9. The van der Waals surface area contributed by atoms with Crippen LogP contribution in [0.15, 0.2) is 0 Å². The van der Waals surface area contributed by atoms with Gasteiger partial charge in [0.1, 0.15) is 0 Å². The Balaban J connectivity index is 3.57. The Kier molecular flexibility index (Phi) is 6.73. The molecule has 0 spiro atoms. The molecular weight excluding hydrogens is 265 g/mol. The Hall–Kier alpha value is -1.16. The topological polar surface area (TPSA) is 98.7 Å². The molecule has 0 saturated heterocycles. The summed E-state index contributed by atoms with van der Waals surface area (Å²) in [5.41, 5.74) is -4.35. The number of carbonyl (C=O) groups is 2. The Bertz CT molecular complexity index is 274. The van der Waals surface area contributed by atoms with E-state index < -0.39 is 30.2 Å². The zero-order valence-corrected chi connectivity index (χ0v) is 9.27. The fraction of sp³-hybridized carbons (Fsp3) is 0.714. The van der Waals surface area contributed by atoms with Gasteiger partial charge in [0, 0.05) is 12.3 Å². The van der Waals surface area contributed by atoms with Gasteiger partial charge in [-0.3, -0.25) is 0 Å². The van der Waals surface area contributed by atoms with Crippen molar-refractivity contribution < 1.29 is 33.0 Å². The lowest BCUT2D eigenvalue weighted by molar-refractivity contribution is -0.146. The zero-order valence-electron chi connectivity index (χ0n) is 8.45. The maximum Gasteiger partial charge on any atom is 0.441 e. The van der Waals surface area contributed by atoms with Crippen molar-refractivity contribution in [3.63, 3.8) is 0 Å². The molecule has 2 amide bonds. The molecule has 0 aromatic heterocycles. The molecule has 6 nitrogen and oxygen atoms in total. The Morgan fingerprint density at radius 3 is 2.35 bits per heavy atom. The van der Waals surface area contributed by atoms with E-state index in [9.17, 15) is 22.8 Å². The highest BCUT2D eigenvalue weighted by Crippen LogP contribution is 2.29. The highest BCUT2D eigenvalue weighted by atomic mass is 32.2. The van der Waals surface area contributed by atoms with Crippen molar-refractivity contribution in [2.75, 3.05) is 18.8 Å². The van der Waals surface area contributed by atoms with Crippen molar-refractivity contribution >= 4 is 23.8 Å². The number of hydrogen-bond donors (Lipinski definition) is 4. The molecule has 17 heavy (non-hydrogen) atoms. The van der Waals surface area contributed by atoms with E-state index in [1.54, 1.807) is 0 Å². The third-order valence-electron chi connectivity index (χ3n) is 1.39. The summed E-state index contributed by atoms with van der Waals surface area (Å²) in [6, 6.07) is -0.840. The second-order valence-electron chi connectivity index (χ2n) is 2.79. The minimum atomic E-state index is -4.35. The highest BCUT2D eigenvalue weighted by Gasteiger charge is 2.27. The number of urea groups is 1. The number of alkyl halides is 3. The standard InChI is InChI=1S/C7H11F3N2O4S/c8-7(9,10)17-2-1-11-6(16)12-3-4(13)5(14)15/h4,13H,1-3H2,(H,14,15)(H2,11,12,16)/t4-/m0/s1. The van der Waals surface area contributed by atoms with E-state index in [0.29, 0.717) is 0 Å². The first-order valence-electron chi connectivity index (χ1n) is 4.35. The van der Waals surface area contributed by atoms with Crippen LogP contribution >= 0.6 is 11.8 Å². The van der Waals surface area contributed by atoms with Crippen molar-refractivity contribution in [2.24, 2.45) is 0 Å². The van der Waals surface area contributed by atoms with Crippen molar-refractivity contribution in [1.29, 1.82) is 0 Å². The molecule has 0 rings (SSSR count). The van der Waals surface area contributed by atoms with E-state index in [0.717, 1.165) is 0 Å². The Morgan fingerprint density at radius 1 is 1.29 bits per heavy atom. The molecule has 0 aromatic rings. The van der Waals surface area contributed by atoms with Gasteiger partial charge in [0.15, 0.2) is 6.10 Å². The number of carboxylic acid groups (broad SMARTS) is 1. The van der Waals surface area contributed by atoms with Gasteiger partial charge in [-0.05, 0) is 11.8 Å². The number of halogens is 3. The maximum atomic E-state index is 11.7. The van der Waals surface area contributed by atoms with Gasteiger partial charge < -0.3 is 20.8 Å². The molecule has 0 heterocycles. The molecule has 0 unspecified atom stereocenters. The molecule has 0 aliphatic carbocycles. The second kappa shape index (κ2) is 7.22. The monoisotopic (exact) mass is 276 g/mol. The van der Waals surface area contributed by atoms with E-state index in [-0.39, 0.29) is 24.1 Å². The van der Waals surface area contributed by atoms with Crippen LogP contribution in [0.5, 0.6) is 0 Å². The number of aliphatic carboxylic acids is 1. The predicted molar refractivity (Wildman–Crippen MR) is 53.6 cm³/mol. The van der Waals surface area contributed by atoms with Gasteiger partial charge in [-0.1, -0.05) is 0 Å². The maximum absolute atomic E-state index is 11.7. The van der Waals surface area contributed by atoms with E-state index in [2.05, 4.69) is 5.32 Å². The number of hydrogen-bond acceptors (Lipinski definition) is 4. The molecule has 10 heteroatoms. The van der Waals surface area contributed by atoms with Crippen LogP contribution in [0.25, 0.3) is 0 Å². The van der Waals surface area contributed by atoms with Crippen LogP contribution in [0.1, 0.15) is 0 Å². The summed E-state index contributed by atoms with van der Waals surface area (Å²) in [5, 5.41) is 21.1. The van der Waals surface area contributed by atoms with Crippen molar-refractivity contribution in [1.82, 2.24) is 10.6 Å². The van der Waals surface area contributed by atoms with Gasteiger partial charge in [-0.15, -0.1) is 0 Å². The molecule has 0 bridgehead atoms. The Morgan fingerprint density at radius 2 is 1.88 bits per heavy atom. The largest absolute Gasteiger partial charge is 0.479 e. The summed E-state index contributed by atoms with van der Waals surface area (Å²) < 4.78 is 35.0. The molecule has 0 radical (unpaired) electrons. The van der Waals surface area contributed by atoms with Crippen molar-refractivity contribution in [3.8, 4) is 0 Å². The second-order valence-corrected chi connectivity index (χ2v) is 3.94. The van der Waals surface area contributed by atoms with Gasteiger partial charge >= 0.3 is 17.5 Å². The number of carboxylic acids is 1.